The molecule has 1 N–H and O–H groups in total. The molecular formula is C45H79N5NaO11P. The van der Waals surface area contributed by atoms with E-state index >= 15 is 0 Å². The molecule has 18 heteroatoms. The number of phosphoric ester groups is 1. The van der Waals surface area contributed by atoms with E-state index in [1.165, 1.54) is 129 Å². The van der Waals surface area contributed by atoms with E-state index in [0.29, 0.717) is 12.8 Å². The van der Waals surface area contributed by atoms with Crippen molar-refractivity contribution >= 4 is 19.8 Å². The molecule has 1 aliphatic rings. The molecule has 0 saturated carbocycles. The summed E-state index contributed by atoms with van der Waals surface area (Å²) in [6, 6.07) is -0.891. The molecule has 63 heavy (non-hydrogen) atoms. The first-order valence-electron chi connectivity index (χ1n) is 23.9. The van der Waals surface area contributed by atoms with E-state index in [2.05, 4.69) is 28.9 Å². The van der Waals surface area contributed by atoms with Gasteiger partial charge in [0.15, 0.2) is 6.10 Å². The predicted octanol–water partition coefficient (Wildman–Crippen LogP) is 8.15. The van der Waals surface area contributed by atoms with Crippen LogP contribution in [0.3, 0.4) is 0 Å². The normalized spacial score (nSPS) is 17.4. The molecule has 16 nitrogen and oxygen atoms in total. The average Bonchev–Trinajstić information content (AvgIpc) is 3.65. The molecule has 1 saturated heterocycles. The molecule has 0 amide bonds. The van der Waals surface area contributed by atoms with Gasteiger partial charge in [0.25, 0.3) is 0 Å². The number of hydrogen-bond donors (Lipinski definition) is 1. The van der Waals surface area contributed by atoms with E-state index in [9.17, 15) is 28.9 Å². The smallest absolute Gasteiger partial charge is 0.858 e. The van der Waals surface area contributed by atoms with Crippen molar-refractivity contribution in [3.63, 3.8) is 0 Å². The molecule has 1 unspecified atom stereocenters. The number of azide groups is 1. The van der Waals surface area contributed by atoms with Crippen LogP contribution in [0.2, 0.25) is 0 Å². The second-order valence-corrected chi connectivity index (χ2v) is 18.3. The van der Waals surface area contributed by atoms with Crippen LogP contribution in [0, 0.1) is 6.92 Å². The number of carbonyl (C=O) groups excluding carboxylic acids is 2. The van der Waals surface area contributed by atoms with Crippen LogP contribution >= 0.6 is 7.82 Å². The molecule has 1 aliphatic heterocycles. The third-order valence-corrected chi connectivity index (χ3v) is 12.3. The molecule has 2 rings (SSSR count). The summed E-state index contributed by atoms with van der Waals surface area (Å²) in [6.07, 6.45) is 29.0. The molecule has 0 aromatic carbocycles. The second-order valence-electron chi connectivity index (χ2n) is 16.9. The molecule has 5 atom stereocenters. The van der Waals surface area contributed by atoms with Crippen molar-refractivity contribution in [2.45, 2.75) is 231 Å². The van der Waals surface area contributed by atoms with Crippen molar-refractivity contribution in [1.29, 1.82) is 0 Å². The first-order valence-corrected chi connectivity index (χ1v) is 25.4. The maximum Gasteiger partial charge on any atom is 1.00 e. The van der Waals surface area contributed by atoms with E-state index in [0.717, 1.165) is 43.1 Å². The Morgan fingerprint density at radius 2 is 1.29 bits per heavy atom. The number of nitrogens with zero attached hydrogens (tertiary/aromatic N) is 5. The van der Waals surface area contributed by atoms with Crippen LogP contribution in [-0.2, 0) is 37.4 Å². The number of rotatable bonds is 39. The number of unbranched alkanes of at least 4 members (excludes halogenated alkanes) is 24. The summed E-state index contributed by atoms with van der Waals surface area (Å²) in [5, 5.41) is 15.5. The van der Waals surface area contributed by atoms with E-state index in [4.69, 9.17) is 28.8 Å². The standard InChI is InChI=1S/C45H80N5O11P.Na/c1-4-6-8-10-12-14-16-18-20-22-24-26-28-30-42(51)57-34-38(60-43(52)31-29-27-25-23-21-19-17-15-13-11-9-7-5-2)35-58-62(55,56)59-36-40-39(48-49-46)32-41(61-40)50-33-37(3)44(53)47-45(50)54;/h33,38-41H,4-32,34-36H2,1-3H3,(H,55,56)(H,47,53,54);/q;+1/p-1/t38-,39-,40+,41+;/m0./s1. The number of aryl methyl sites for hydroxylation is 1. The zero-order valence-corrected chi connectivity index (χ0v) is 42.1. The van der Waals surface area contributed by atoms with Gasteiger partial charge < -0.3 is 24.2 Å². The fourth-order valence-electron chi connectivity index (χ4n) is 7.56. The largest absolute Gasteiger partial charge is 1.00 e. The van der Waals surface area contributed by atoms with Crippen LogP contribution in [0.25, 0.3) is 10.4 Å². The number of carbonyl (C=O) groups is 2. The Morgan fingerprint density at radius 3 is 1.76 bits per heavy atom. The summed E-state index contributed by atoms with van der Waals surface area (Å²) in [4.78, 5) is 54.7. The summed E-state index contributed by atoms with van der Waals surface area (Å²) in [6.45, 7) is 4.42. The summed E-state index contributed by atoms with van der Waals surface area (Å²) >= 11 is 0. The fraction of sp³-hybridized carbons (Fsp3) is 0.867. The van der Waals surface area contributed by atoms with Crippen LogP contribution in [0.4, 0.5) is 0 Å². The zero-order valence-electron chi connectivity index (χ0n) is 39.2. The fourth-order valence-corrected chi connectivity index (χ4v) is 8.32. The van der Waals surface area contributed by atoms with Crippen molar-refractivity contribution in [2.24, 2.45) is 5.11 Å². The zero-order chi connectivity index (χ0) is 45.3. The molecule has 356 valence electrons. The Hall–Kier alpha value is -2.00. The van der Waals surface area contributed by atoms with Gasteiger partial charge >= 0.3 is 55.0 Å². The first kappa shape index (κ1) is 59.0. The van der Waals surface area contributed by atoms with Crippen LogP contribution in [-0.4, -0.2) is 64.5 Å². The number of phosphoric acid groups is 1. The maximum absolute atomic E-state index is 13.0. The van der Waals surface area contributed by atoms with Crippen LogP contribution in [0.1, 0.15) is 212 Å². The van der Waals surface area contributed by atoms with E-state index < -0.39 is 69.0 Å². The average molecular weight is 920 g/mol. The van der Waals surface area contributed by atoms with Gasteiger partial charge in [-0.2, -0.15) is 0 Å². The number of hydrogen-bond acceptors (Lipinski definition) is 12. The Kier molecular flexibility index (Phi) is 34.8. The van der Waals surface area contributed by atoms with Gasteiger partial charge in [0, 0.05) is 30.4 Å². The van der Waals surface area contributed by atoms with E-state index in [1.54, 1.807) is 0 Å². The molecule has 0 spiro atoms. The van der Waals surface area contributed by atoms with Crippen LogP contribution in [0.15, 0.2) is 16.1 Å². The molecule has 1 aromatic rings. The van der Waals surface area contributed by atoms with Gasteiger partial charge in [-0.25, -0.2) is 14.3 Å². The van der Waals surface area contributed by atoms with Gasteiger partial charge in [-0.1, -0.05) is 173 Å². The van der Waals surface area contributed by atoms with Gasteiger partial charge in [0.05, 0.1) is 25.4 Å². The minimum absolute atomic E-state index is 0. The molecule has 1 aromatic heterocycles. The van der Waals surface area contributed by atoms with Crippen LogP contribution < -0.4 is 40.4 Å². The third kappa shape index (κ3) is 28.6. The first-order chi connectivity index (χ1) is 30.0. The Morgan fingerprint density at radius 1 is 0.825 bits per heavy atom. The monoisotopic (exact) mass is 920 g/mol. The summed E-state index contributed by atoms with van der Waals surface area (Å²) < 4.78 is 41.3. The minimum atomic E-state index is -4.81. The predicted molar refractivity (Wildman–Crippen MR) is 237 cm³/mol. The molecular weight excluding hydrogens is 840 g/mol. The second kappa shape index (κ2) is 37.1. The number of aromatic nitrogens is 2. The number of ether oxygens (including phenoxy) is 3. The van der Waals surface area contributed by atoms with Gasteiger partial charge in [-0.15, -0.1) is 0 Å². The van der Waals surface area contributed by atoms with E-state index in [1.807, 2.05) is 0 Å². The Labute approximate surface area is 399 Å². The molecule has 0 bridgehead atoms. The SMILES string of the molecule is CCCCCCCCCCCCCCCC(=O)OC[C@@H](COP(=O)(O)OC[C@H]1O[C@@H](n2cc(C)c([O-])nc2=O)C[C@@H]1N=[N+]=[N-])OC(=O)CCCCCCCCCCCCCCC.[Na+]. The quantitative estimate of drug-likeness (QED) is 0.0126. The molecule has 1 fully saturated rings. The van der Waals surface area contributed by atoms with Crippen molar-refractivity contribution in [3.05, 3.63) is 32.7 Å². The molecule has 0 aliphatic carbocycles. The van der Waals surface area contributed by atoms with Crippen molar-refractivity contribution in [1.82, 2.24) is 9.55 Å². The molecule has 2 heterocycles. The Bertz CT molecular complexity index is 1530. The number of esters is 2. The maximum atomic E-state index is 13.0. The minimum Gasteiger partial charge on any atom is -0.858 e. The van der Waals surface area contributed by atoms with Gasteiger partial charge in [0.2, 0.25) is 0 Å². The van der Waals surface area contributed by atoms with Crippen molar-refractivity contribution in [3.8, 4) is 5.88 Å². The van der Waals surface area contributed by atoms with E-state index in [-0.39, 0.29) is 61.0 Å². The van der Waals surface area contributed by atoms with Gasteiger partial charge in [-0.05, 0) is 36.7 Å². The molecule has 0 radical (unpaired) electrons. The third-order valence-electron chi connectivity index (χ3n) is 11.3. The summed E-state index contributed by atoms with van der Waals surface area (Å²) in [7, 11) is -4.81. The van der Waals surface area contributed by atoms with Crippen LogP contribution in [0.5, 0.6) is 5.88 Å². The summed E-state index contributed by atoms with van der Waals surface area (Å²) in [5.41, 5.74) is 8.44. The van der Waals surface area contributed by atoms with Crippen molar-refractivity contribution < 1.29 is 77.0 Å². The van der Waals surface area contributed by atoms with Gasteiger partial charge in [-0.3, -0.25) is 23.2 Å². The summed E-state index contributed by atoms with van der Waals surface area (Å²) in [5.74, 6) is -1.67. The Balaban J connectivity index is 0.0000198. The topological polar surface area (TPSA) is 224 Å². The van der Waals surface area contributed by atoms with Gasteiger partial charge in [0.1, 0.15) is 12.8 Å². The van der Waals surface area contributed by atoms with Crippen molar-refractivity contribution in [2.75, 3.05) is 19.8 Å².